The molecule has 0 bridgehead atoms. The van der Waals surface area contributed by atoms with Gasteiger partial charge in [0.05, 0.1) is 4.99 Å². The minimum atomic E-state index is -0.0753. The van der Waals surface area contributed by atoms with Crippen LogP contribution in [0.1, 0.15) is 35.3 Å². The van der Waals surface area contributed by atoms with Crippen molar-refractivity contribution in [2.24, 2.45) is 11.7 Å². The van der Waals surface area contributed by atoms with Crippen LogP contribution in [-0.4, -0.2) is 21.9 Å². The predicted molar refractivity (Wildman–Crippen MR) is 74.4 cm³/mol. The van der Waals surface area contributed by atoms with Crippen LogP contribution in [0.4, 0.5) is 0 Å². The SMILES string of the molecule is Cc1cc(C(=O)NC2CCCC2C(N)=S)ccn1. The number of carbonyl (C=O) groups is 1. The lowest BCUT2D eigenvalue weighted by molar-refractivity contribution is 0.0933. The maximum atomic E-state index is 12.1. The molecule has 1 amide bonds. The van der Waals surface area contributed by atoms with Gasteiger partial charge in [-0.2, -0.15) is 0 Å². The van der Waals surface area contributed by atoms with E-state index in [1.807, 2.05) is 6.92 Å². The Labute approximate surface area is 112 Å². The van der Waals surface area contributed by atoms with Gasteiger partial charge in [0, 0.05) is 29.4 Å². The fourth-order valence-electron chi connectivity index (χ4n) is 2.41. The van der Waals surface area contributed by atoms with Crippen molar-refractivity contribution < 1.29 is 4.79 Å². The molecule has 18 heavy (non-hydrogen) atoms. The van der Waals surface area contributed by atoms with Crippen molar-refractivity contribution in [2.45, 2.75) is 32.2 Å². The zero-order valence-electron chi connectivity index (χ0n) is 10.3. The number of nitrogens with zero attached hydrogens (tertiary/aromatic N) is 1. The number of hydrogen-bond acceptors (Lipinski definition) is 3. The van der Waals surface area contributed by atoms with E-state index in [0.717, 1.165) is 25.0 Å². The summed E-state index contributed by atoms with van der Waals surface area (Å²) in [5.41, 5.74) is 7.17. The number of aryl methyl sites for hydroxylation is 1. The smallest absolute Gasteiger partial charge is 0.251 e. The summed E-state index contributed by atoms with van der Waals surface area (Å²) >= 11 is 5.04. The summed E-state index contributed by atoms with van der Waals surface area (Å²) < 4.78 is 0. The summed E-state index contributed by atoms with van der Waals surface area (Å²) in [6.07, 6.45) is 4.61. The number of amides is 1. The van der Waals surface area contributed by atoms with E-state index < -0.39 is 0 Å². The normalized spacial score (nSPS) is 22.7. The van der Waals surface area contributed by atoms with Gasteiger partial charge >= 0.3 is 0 Å². The lowest BCUT2D eigenvalue weighted by atomic mass is 10.0. The summed E-state index contributed by atoms with van der Waals surface area (Å²) in [5, 5.41) is 3.02. The number of rotatable bonds is 3. The summed E-state index contributed by atoms with van der Waals surface area (Å²) in [6, 6.07) is 3.57. The minimum absolute atomic E-state index is 0.0727. The van der Waals surface area contributed by atoms with Gasteiger partial charge in [0.25, 0.3) is 5.91 Å². The van der Waals surface area contributed by atoms with Gasteiger partial charge in [0.2, 0.25) is 0 Å². The Bertz CT molecular complexity index is 475. The van der Waals surface area contributed by atoms with Crippen LogP contribution >= 0.6 is 12.2 Å². The monoisotopic (exact) mass is 263 g/mol. The van der Waals surface area contributed by atoms with E-state index in [1.54, 1.807) is 18.3 Å². The van der Waals surface area contributed by atoms with Crippen molar-refractivity contribution >= 4 is 23.1 Å². The van der Waals surface area contributed by atoms with Crippen molar-refractivity contribution in [3.8, 4) is 0 Å². The van der Waals surface area contributed by atoms with Gasteiger partial charge in [-0.1, -0.05) is 18.6 Å². The van der Waals surface area contributed by atoms with Gasteiger partial charge < -0.3 is 11.1 Å². The molecule has 2 atom stereocenters. The molecule has 0 aromatic carbocycles. The molecule has 1 saturated carbocycles. The third-order valence-corrected chi connectivity index (χ3v) is 3.66. The molecular formula is C13H17N3OS. The van der Waals surface area contributed by atoms with Crippen LogP contribution in [0.15, 0.2) is 18.3 Å². The van der Waals surface area contributed by atoms with Gasteiger partial charge in [-0.15, -0.1) is 0 Å². The lowest BCUT2D eigenvalue weighted by Crippen LogP contribution is -2.41. The van der Waals surface area contributed by atoms with E-state index in [0.29, 0.717) is 10.6 Å². The first-order valence-corrected chi connectivity index (χ1v) is 6.51. The molecule has 1 aromatic rings. The highest BCUT2D eigenvalue weighted by molar-refractivity contribution is 7.80. The molecule has 4 nitrogen and oxygen atoms in total. The molecule has 2 unspecified atom stereocenters. The number of nitrogens with one attached hydrogen (secondary N) is 1. The largest absolute Gasteiger partial charge is 0.393 e. The number of hydrogen-bond donors (Lipinski definition) is 2. The Balaban J connectivity index is 2.05. The Hall–Kier alpha value is -1.49. The van der Waals surface area contributed by atoms with Gasteiger partial charge in [0.1, 0.15) is 0 Å². The van der Waals surface area contributed by atoms with Crippen LogP contribution in [0.25, 0.3) is 0 Å². The van der Waals surface area contributed by atoms with E-state index >= 15 is 0 Å². The lowest BCUT2D eigenvalue weighted by Gasteiger charge is -2.19. The number of carbonyl (C=O) groups excluding carboxylic acids is 1. The molecule has 0 saturated heterocycles. The van der Waals surface area contributed by atoms with Gasteiger partial charge in [-0.25, -0.2) is 0 Å². The van der Waals surface area contributed by atoms with E-state index in [-0.39, 0.29) is 17.9 Å². The molecule has 1 aliphatic carbocycles. The summed E-state index contributed by atoms with van der Waals surface area (Å²) in [7, 11) is 0. The van der Waals surface area contributed by atoms with Crippen molar-refractivity contribution in [1.29, 1.82) is 0 Å². The Morgan fingerprint density at radius 2 is 2.33 bits per heavy atom. The first-order chi connectivity index (χ1) is 8.58. The molecule has 2 rings (SSSR count). The average Bonchev–Trinajstić information content (AvgIpc) is 2.77. The summed E-state index contributed by atoms with van der Waals surface area (Å²) in [6.45, 7) is 1.87. The average molecular weight is 263 g/mol. The van der Waals surface area contributed by atoms with Crippen LogP contribution < -0.4 is 11.1 Å². The van der Waals surface area contributed by atoms with Gasteiger partial charge in [-0.3, -0.25) is 9.78 Å². The quantitative estimate of drug-likeness (QED) is 0.812. The fourth-order valence-corrected chi connectivity index (χ4v) is 2.69. The Morgan fingerprint density at radius 3 is 3.00 bits per heavy atom. The van der Waals surface area contributed by atoms with E-state index in [1.165, 1.54) is 0 Å². The zero-order chi connectivity index (χ0) is 13.1. The van der Waals surface area contributed by atoms with E-state index in [2.05, 4.69) is 10.3 Å². The number of nitrogens with two attached hydrogens (primary N) is 1. The molecule has 0 spiro atoms. The second kappa shape index (κ2) is 5.44. The maximum Gasteiger partial charge on any atom is 0.251 e. The number of aromatic nitrogens is 1. The third-order valence-electron chi connectivity index (χ3n) is 3.36. The topological polar surface area (TPSA) is 68.0 Å². The number of pyridine rings is 1. The maximum absolute atomic E-state index is 12.1. The highest BCUT2D eigenvalue weighted by Crippen LogP contribution is 2.26. The molecule has 1 aromatic heterocycles. The summed E-state index contributed by atoms with van der Waals surface area (Å²) in [5.74, 6) is 0.0561. The standard InChI is InChI=1S/C13H17N3OS/c1-8-7-9(5-6-15-8)13(17)16-11-4-2-3-10(11)12(14)18/h5-7,10-11H,2-4H2,1H3,(H2,14,18)(H,16,17). The van der Waals surface area contributed by atoms with Crippen LogP contribution in [0.5, 0.6) is 0 Å². The van der Waals surface area contributed by atoms with Gasteiger partial charge in [-0.05, 0) is 31.9 Å². The minimum Gasteiger partial charge on any atom is -0.393 e. The van der Waals surface area contributed by atoms with E-state index in [9.17, 15) is 4.79 Å². The second-order valence-corrected chi connectivity index (χ2v) is 5.18. The van der Waals surface area contributed by atoms with Crippen molar-refractivity contribution in [3.05, 3.63) is 29.6 Å². The molecule has 3 N–H and O–H groups in total. The van der Waals surface area contributed by atoms with E-state index in [4.69, 9.17) is 18.0 Å². The molecule has 0 radical (unpaired) electrons. The van der Waals surface area contributed by atoms with Crippen LogP contribution in [-0.2, 0) is 0 Å². The first-order valence-electron chi connectivity index (χ1n) is 6.11. The highest BCUT2D eigenvalue weighted by atomic mass is 32.1. The summed E-state index contributed by atoms with van der Waals surface area (Å²) in [4.78, 5) is 16.7. The Kier molecular flexibility index (Phi) is 3.91. The highest BCUT2D eigenvalue weighted by Gasteiger charge is 2.30. The van der Waals surface area contributed by atoms with Gasteiger partial charge in [0.15, 0.2) is 0 Å². The Morgan fingerprint density at radius 1 is 1.56 bits per heavy atom. The molecule has 96 valence electrons. The molecular weight excluding hydrogens is 246 g/mol. The van der Waals surface area contributed by atoms with Crippen molar-refractivity contribution in [1.82, 2.24) is 10.3 Å². The zero-order valence-corrected chi connectivity index (χ0v) is 11.2. The second-order valence-electron chi connectivity index (χ2n) is 4.71. The van der Waals surface area contributed by atoms with Crippen molar-refractivity contribution in [2.75, 3.05) is 0 Å². The molecule has 1 aliphatic rings. The predicted octanol–water partition coefficient (Wildman–Crippen LogP) is 1.57. The van der Waals surface area contributed by atoms with Crippen LogP contribution in [0, 0.1) is 12.8 Å². The molecule has 1 heterocycles. The van der Waals surface area contributed by atoms with Crippen LogP contribution in [0.2, 0.25) is 0 Å². The fraction of sp³-hybridized carbons (Fsp3) is 0.462. The number of thiocarbonyl (C=S) groups is 1. The first kappa shape index (κ1) is 13.0. The molecule has 1 fully saturated rings. The molecule has 0 aliphatic heterocycles. The van der Waals surface area contributed by atoms with Crippen LogP contribution in [0.3, 0.4) is 0 Å². The van der Waals surface area contributed by atoms with Crippen molar-refractivity contribution in [3.63, 3.8) is 0 Å². The molecule has 5 heteroatoms. The third kappa shape index (κ3) is 2.85.